The molecule has 4 amide bonds. The van der Waals surface area contributed by atoms with Crippen molar-refractivity contribution in [3.8, 4) is 0 Å². The van der Waals surface area contributed by atoms with E-state index in [0.29, 0.717) is 32.2 Å². The van der Waals surface area contributed by atoms with Gasteiger partial charge in [-0.05, 0) is 56.9 Å². The quantitative estimate of drug-likeness (QED) is 0.0261. The van der Waals surface area contributed by atoms with Gasteiger partial charge >= 0.3 is 17.9 Å². The second-order valence-corrected chi connectivity index (χ2v) is 13.0. The van der Waals surface area contributed by atoms with Crippen molar-refractivity contribution in [3.05, 3.63) is 35.9 Å². The second-order valence-electron chi connectivity index (χ2n) is 13.0. The smallest absolute Gasteiger partial charge is 0.338 e. The van der Waals surface area contributed by atoms with E-state index in [1.54, 1.807) is 13.8 Å². The largest absolute Gasteiger partial charge is 1.00 e. The van der Waals surface area contributed by atoms with Crippen molar-refractivity contribution in [2.24, 2.45) is 17.4 Å². The first-order valence-corrected chi connectivity index (χ1v) is 18.1. The number of nitrogens with one attached hydrogen (secondary N) is 5. The van der Waals surface area contributed by atoms with Crippen LogP contribution in [-0.4, -0.2) is 91.6 Å². The highest BCUT2D eigenvalue weighted by Gasteiger charge is 2.34. The Morgan fingerprint density at radius 3 is 2.09 bits per heavy atom. The van der Waals surface area contributed by atoms with E-state index < -0.39 is 66.2 Å². The lowest BCUT2D eigenvalue weighted by Crippen LogP contribution is -3.00. The maximum Gasteiger partial charge on any atom is 0.338 e. The summed E-state index contributed by atoms with van der Waals surface area (Å²) in [5.41, 5.74) is 11.7. The highest BCUT2D eigenvalue weighted by molar-refractivity contribution is 5.96. The Morgan fingerprint density at radius 1 is 0.868 bits per heavy atom. The summed E-state index contributed by atoms with van der Waals surface area (Å²) in [4.78, 5) is 81.9. The number of halogens is 1. The molecule has 1 saturated carbocycles. The van der Waals surface area contributed by atoms with Crippen molar-refractivity contribution in [3.63, 3.8) is 0 Å². The van der Waals surface area contributed by atoms with Gasteiger partial charge in [0.25, 0.3) is 0 Å². The van der Waals surface area contributed by atoms with Crippen LogP contribution in [0.3, 0.4) is 0 Å². The van der Waals surface area contributed by atoms with Gasteiger partial charge in [-0.15, -0.1) is 0 Å². The number of guanidine groups is 1. The molecule has 0 bridgehead atoms. The van der Waals surface area contributed by atoms with Gasteiger partial charge in [-0.2, -0.15) is 0 Å². The lowest BCUT2D eigenvalue weighted by atomic mass is 9.97. The first-order chi connectivity index (χ1) is 24.8. The highest BCUT2D eigenvalue weighted by atomic mass is 35.5. The molecule has 5 atom stereocenters. The molecule has 1 aromatic rings. The lowest BCUT2D eigenvalue weighted by Gasteiger charge is -2.28. The minimum atomic E-state index is -1.50. The molecule has 17 heteroatoms. The number of hydrogen-bond acceptors (Lipinski definition) is 9. The van der Waals surface area contributed by atoms with Crippen LogP contribution in [0.1, 0.15) is 91.0 Å². The summed E-state index contributed by atoms with van der Waals surface area (Å²) >= 11 is 0. The zero-order chi connectivity index (χ0) is 38.5. The van der Waals surface area contributed by atoms with Crippen LogP contribution in [0.2, 0.25) is 0 Å². The van der Waals surface area contributed by atoms with E-state index in [9.17, 15) is 28.8 Å². The molecular weight excluding hydrogens is 710 g/mol. The zero-order valence-corrected chi connectivity index (χ0v) is 32.0. The molecule has 9 N–H and O–H groups in total. The Hall–Kier alpha value is -4.44. The van der Waals surface area contributed by atoms with Crippen molar-refractivity contribution in [2.75, 3.05) is 19.8 Å². The zero-order valence-electron chi connectivity index (χ0n) is 31.3. The van der Waals surface area contributed by atoms with E-state index in [-0.39, 0.29) is 56.6 Å². The van der Waals surface area contributed by atoms with Crippen LogP contribution >= 0.6 is 0 Å². The van der Waals surface area contributed by atoms with Gasteiger partial charge in [0.1, 0.15) is 30.3 Å². The van der Waals surface area contributed by atoms with Crippen molar-refractivity contribution in [2.45, 2.75) is 122 Å². The summed E-state index contributed by atoms with van der Waals surface area (Å²) in [7, 11) is 0. The molecule has 0 unspecified atom stereocenters. The van der Waals surface area contributed by atoms with Gasteiger partial charge in [0.05, 0.1) is 32.8 Å². The maximum atomic E-state index is 13.9. The van der Waals surface area contributed by atoms with Gasteiger partial charge in [0, 0.05) is 6.92 Å². The molecule has 53 heavy (non-hydrogen) atoms. The first kappa shape index (κ1) is 46.6. The molecule has 2 rings (SSSR count). The van der Waals surface area contributed by atoms with E-state index in [2.05, 4.69) is 26.3 Å². The monoisotopic (exact) mass is 767 g/mol. The third-order valence-corrected chi connectivity index (χ3v) is 8.62. The molecule has 0 aliphatic heterocycles. The van der Waals surface area contributed by atoms with E-state index in [1.807, 2.05) is 37.3 Å². The Balaban J connectivity index is 0.0000140. The van der Waals surface area contributed by atoms with Gasteiger partial charge in [-0.1, -0.05) is 57.0 Å². The number of rotatable bonds is 22. The molecule has 298 valence electrons. The standard InChI is InChI=1S/C36H57N7O9.ClH/c1-5-23(3)31(40-24(4)44)34(48)43-29(22-50-21-25-14-9-7-10-15-25)33(47)42-28(20-30(45)52-26-16-11-8-12-17-26)32(46)41-27(35(49)51-6-2)18-13-19-39-36(37)38;/h7,9-10,14-15,23,26-29,31H,5-6,8,11-13,16-22H2,1-4H3,(H,40,44)(H,41,46)(H,42,47)(H,43,48)(H4,37,38,39);1H/t23-,27-,28-,29-,31-;/m0./s1. The molecule has 1 aliphatic carbocycles. The molecule has 0 aromatic heterocycles. The number of hydrogen-bond donors (Lipinski definition) is 7. The van der Waals surface area contributed by atoms with E-state index in [4.69, 9.17) is 25.7 Å². The number of esters is 2. The summed E-state index contributed by atoms with van der Waals surface area (Å²) in [5.74, 6) is -4.41. The van der Waals surface area contributed by atoms with Crippen LogP contribution in [0.15, 0.2) is 30.3 Å². The first-order valence-electron chi connectivity index (χ1n) is 18.1. The van der Waals surface area contributed by atoms with Crippen molar-refractivity contribution < 1.29 is 60.4 Å². The van der Waals surface area contributed by atoms with Gasteiger partial charge in [0.15, 0.2) is 0 Å². The van der Waals surface area contributed by atoms with Crippen molar-refractivity contribution >= 4 is 41.5 Å². The van der Waals surface area contributed by atoms with Gasteiger partial charge in [-0.3, -0.25) is 40.4 Å². The normalized spacial score (nSPS) is 15.5. The molecule has 0 spiro atoms. The molecule has 0 radical (unpaired) electrons. The van der Waals surface area contributed by atoms with Crippen LogP contribution in [0.5, 0.6) is 0 Å². The second kappa shape index (κ2) is 25.5. The Bertz CT molecular complexity index is 1340. The predicted molar refractivity (Wildman–Crippen MR) is 192 cm³/mol. The highest BCUT2D eigenvalue weighted by Crippen LogP contribution is 2.21. The number of ether oxygens (including phenoxy) is 3. The number of carbonyl (C=O) groups excluding carboxylic acids is 6. The maximum absolute atomic E-state index is 13.9. The fourth-order valence-electron chi connectivity index (χ4n) is 5.60. The fourth-order valence-corrected chi connectivity index (χ4v) is 5.60. The third kappa shape index (κ3) is 18.2. The minimum absolute atomic E-state index is 0. The number of carbonyl (C=O) groups is 6. The van der Waals surface area contributed by atoms with Gasteiger partial charge in [0.2, 0.25) is 23.6 Å². The molecule has 1 fully saturated rings. The Morgan fingerprint density at radius 2 is 1.49 bits per heavy atom. The number of nitrogens with two attached hydrogens (primary N) is 2. The van der Waals surface area contributed by atoms with Crippen LogP contribution < -0.4 is 50.1 Å². The molecule has 0 heterocycles. The van der Waals surface area contributed by atoms with Crippen LogP contribution in [0, 0.1) is 5.92 Å². The fraction of sp³-hybridized carbons (Fsp3) is 0.639. The van der Waals surface area contributed by atoms with Gasteiger partial charge < -0.3 is 47.9 Å². The summed E-state index contributed by atoms with van der Waals surface area (Å²) in [5, 5.41) is 10.5. The molecule has 1 aromatic carbocycles. The number of amides is 4. The van der Waals surface area contributed by atoms with Crippen LogP contribution in [0.4, 0.5) is 0 Å². The van der Waals surface area contributed by atoms with Gasteiger partial charge in [-0.25, -0.2) is 4.79 Å². The van der Waals surface area contributed by atoms with E-state index in [0.717, 1.165) is 24.8 Å². The number of benzene rings is 1. The molecule has 0 saturated heterocycles. The van der Waals surface area contributed by atoms with Crippen molar-refractivity contribution in [1.82, 2.24) is 21.3 Å². The molecular formula is C36H58ClN7O9. The summed E-state index contributed by atoms with van der Waals surface area (Å²) in [6, 6.07) is 4.26. The SMILES string of the molecule is CCOC(=O)[C@H](CCC[NH+]=C(N)N)NC(=O)[C@H](CC(=O)OC1CCCCC1)NC(=O)[C@H](COCc1ccccc1)NC(=O)[C@@H](NC(C)=O)[C@@H](C)CC.[Cl-]. The lowest BCUT2D eigenvalue weighted by molar-refractivity contribution is -0.459. The summed E-state index contributed by atoms with van der Waals surface area (Å²) in [6.07, 6.45) is 4.43. The predicted octanol–water partition coefficient (Wildman–Crippen LogP) is -3.82. The third-order valence-electron chi connectivity index (χ3n) is 8.62. The Labute approximate surface area is 318 Å². The van der Waals surface area contributed by atoms with E-state index in [1.165, 1.54) is 6.92 Å². The Kier molecular flexibility index (Phi) is 22.4. The topological polar surface area (TPSA) is 244 Å². The summed E-state index contributed by atoms with van der Waals surface area (Å²) in [6.45, 7) is 6.74. The van der Waals surface area contributed by atoms with Crippen LogP contribution in [0.25, 0.3) is 0 Å². The minimum Gasteiger partial charge on any atom is -1.00 e. The van der Waals surface area contributed by atoms with Crippen LogP contribution in [-0.2, 0) is 49.6 Å². The average Bonchev–Trinajstić information content (AvgIpc) is 3.11. The summed E-state index contributed by atoms with van der Waals surface area (Å²) < 4.78 is 16.7. The molecule has 16 nitrogen and oxygen atoms in total. The van der Waals surface area contributed by atoms with E-state index >= 15 is 0 Å². The van der Waals surface area contributed by atoms with Crippen molar-refractivity contribution in [1.29, 1.82) is 0 Å². The molecule has 1 aliphatic rings. The average molecular weight is 768 g/mol.